The maximum atomic E-state index is 13.4. The smallest absolute Gasteiger partial charge is 0.123 e. The van der Waals surface area contributed by atoms with Gasteiger partial charge < -0.3 is 10.2 Å². The molecule has 1 aromatic carbocycles. The van der Waals surface area contributed by atoms with Crippen molar-refractivity contribution in [3.63, 3.8) is 0 Å². The van der Waals surface area contributed by atoms with E-state index in [1.165, 1.54) is 12.8 Å². The molecule has 0 spiro atoms. The second-order valence-electron chi connectivity index (χ2n) is 4.89. The summed E-state index contributed by atoms with van der Waals surface area (Å²) in [5.41, 5.74) is 2.15. The molecule has 1 atom stereocenters. The molecule has 0 radical (unpaired) electrons. The van der Waals surface area contributed by atoms with Crippen molar-refractivity contribution >= 4 is 5.69 Å². The summed E-state index contributed by atoms with van der Waals surface area (Å²) < 4.78 is 13.4. The predicted molar refractivity (Wildman–Crippen MR) is 74.4 cm³/mol. The number of anilines is 1. The largest absolute Gasteiger partial charge is 0.365 e. The van der Waals surface area contributed by atoms with Crippen molar-refractivity contribution < 1.29 is 4.39 Å². The van der Waals surface area contributed by atoms with E-state index in [0.29, 0.717) is 6.04 Å². The first-order chi connectivity index (χ1) is 8.67. The molecular weight excluding hydrogens is 227 g/mol. The van der Waals surface area contributed by atoms with Gasteiger partial charge >= 0.3 is 0 Å². The molecule has 1 aliphatic rings. The Morgan fingerprint density at radius 1 is 1.56 bits per heavy atom. The first-order valence-corrected chi connectivity index (χ1v) is 6.51. The predicted octanol–water partition coefficient (Wildman–Crippen LogP) is 3.26. The molecule has 1 aliphatic carbocycles. The Labute approximate surface area is 108 Å². The van der Waals surface area contributed by atoms with Crippen molar-refractivity contribution in [1.82, 2.24) is 5.32 Å². The molecule has 1 unspecified atom stereocenters. The van der Waals surface area contributed by atoms with Crippen molar-refractivity contribution in [2.24, 2.45) is 0 Å². The average molecular weight is 248 g/mol. The van der Waals surface area contributed by atoms with E-state index in [1.807, 2.05) is 19.2 Å². The molecule has 3 heteroatoms. The van der Waals surface area contributed by atoms with Crippen molar-refractivity contribution in [3.8, 4) is 0 Å². The van der Waals surface area contributed by atoms with E-state index in [2.05, 4.69) is 23.7 Å². The topological polar surface area (TPSA) is 15.3 Å². The first-order valence-electron chi connectivity index (χ1n) is 6.51. The summed E-state index contributed by atoms with van der Waals surface area (Å²) in [6.45, 7) is 6.69. The number of nitrogens with one attached hydrogen (secondary N) is 1. The lowest BCUT2D eigenvalue weighted by molar-refractivity contribution is 0.606. The average Bonchev–Trinajstić information content (AvgIpc) is 3.19. The summed E-state index contributed by atoms with van der Waals surface area (Å²) in [6, 6.07) is 5.80. The highest BCUT2D eigenvalue weighted by molar-refractivity contribution is 5.57. The standard InChI is InChI=1S/C15H21FN2/c1-4-9-18(13-6-7-13)15-8-5-12(16)10-14(15)11(2)17-3/h4-5,8,10-11,13,17H,1,6-7,9H2,2-3H3. The Morgan fingerprint density at radius 2 is 2.28 bits per heavy atom. The van der Waals surface area contributed by atoms with Crippen LogP contribution >= 0.6 is 0 Å². The minimum Gasteiger partial charge on any atom is -0.365 e. The number of hydrogen-bond acceptors (Lipinski definition) is 2. The fourth-order valence-corrected chi connectivity index (χ4v) is 2.26. The van der Waals surface area contributed by atoms with E-state index in [9.17, 15) is 4.39 Å². The van der Waals surface area contributed by atoms with Gasteiger partial charge in [-0.1, -0.05) is 6.08 Å². The Morgan fingerprint density at radius 3 is 2.83 bits per heavy atom. The second-order valence-corrected chi connectivity index (χ2v) is 4.89. The van der Waals surface area contributed by atoms with Crippen LogP contribution in [-0.2, 0) is 0 Å². The molecular formula is C15H21FN2. The lowest BCUT2D eigenvalue weighted by atomic mass is 10.0. The van der Waals surface area contributed by atoms with Crippen molar-refractivity contribution in [2.45, 2.75) is 31.8 Å². The Bertz CT molecular complexity index is 427. The van der Waals surface area contributed by atoms with Crippen LogP contribution in [0, 0.1) is 5.82 Å². The maximum absolute atomic E-state index is 13.4. The highest BCUT2D eigenvalue weighted by atomic mass is 19.1. The van der Waals surface area contributed by atoms with Crippen LogP contribution in [-0.4, -0.2) is 19.6 Å². The van der Waals surface area contributed by atoms with Gasteiger partial charge in [-0.05, 0) is 50.6 Å². The number of rotatable bonds is 6. The summed E-state index contributed by atoms with van der Waals surface area (Å²) in [5.74, 6) is -0.176. The van der Waals surface area contributed by atoms with E-state index in [-0.39, 0.29) is 11.9 Å². The molecule has 98 valence electrons. The van der Waals surface area contributed by atoms with Gasteiger partial charge in [-0.3, -0.25) is 0 Å². The van der Waals surface area contributed by atoms with Gasteiger partial charge in [0, 0.05) is 24.3 Å². The molecule has 0 saturated heterocycles. The first kappa shape index (κ1) is 13.1. The maximum Gasteiger partial charge on any atom is 0.123 e. The van der Waals surface area contributed by atoms with Crippen LogP contribution in [0.5, 0.6) is 0 Å². The van der Waals surface area contributed by atoms with E-state index in [1.54, 1.807) is 12.1 Å². The molecule has 1 fully saturated rings. The zero-order chi connectivity index (χ0) is 13.1. The zero-order valence-corrected chi connectivity index (χ0v) is 11.1. The SMILES string of the molecule is C=CCN(c1ccc(F)cc1C(C)NC)C1CC1. The minimum absolute atomic E-state index is 0.141. The highest BCUT2D eigenvalue weighted by Crippen LogP contribution is 2.35. The van der Waals surface area contributed by atoms with Crippen LogP contribution in [0.3, 0.4) is 0 Å². The van der Waals surface area contributed by atoms with Crippen molar-refractivity contribution in [1.29, 1.82) is 0 Å². The van der Waals surface area contributed by atoms with Gasteiger partial charge in [-0.15, -0.1) is 6.58 Å². The summed E-state index contributed by atoms with van der Waals surface area (Å²) in [6.07, 6.45) is 4.35. The molecule has 1 saturated carbocycles. The van der Waals surface area contributed by atoms with E-state index in [4.69, 9.17) is 0 Å². The van der Waals surface area contributed by atoms with Crippen LogP contribution in [0.1, 0.15) is 31.4 Å². The Balaban J connectivity index is 2.37. The molecule has 0 bridgehead atoms. The van der Waals surface area contributed by atoms with Crippen LogP contribution < -0.4 is 10.2 Å². The van der Waals surface area contributed by atoms with Gasteiger partial charge in [0.25, 0.3) is 0 Å². The molecule has 0 aliphatic heterocycles. The molecule has 18 heavy (non-hydrogen) atoms. The van der Waals surface area contributed by atoms with E-state index < -0.39 is 0 Å². The van der Waals surface area contributed by atoms with E-state index in [0.717, 1.165) is 17.8 Å². The number of nitrogens with zero attached hydrogens (tertiary/aromatic N) is 1. The van der Waals surface area contributed by atoms with Crippen LogP contribution in [0.15, 0.2) is 30.9 Å². The van der Waals surface area contributed by atoms with Gasteiger partial charge in [0.1, 0.15) is 5.82 Å². The van der Waals surface area contributed by atoms with Crippen LogP contribution in [0.2, 0.25) is 0 Å². The molecule has 1 N–H and O–H groups in total. The molecule has 2 nitrogen and oxygen atoms in total. The van der Waals surface area contributed by atoms with Gasteiger partial charge in [0.15, 0.2) is 0 Å². The van der Waals surface area contributed by atoms with E-state index >= 15 is 0 Å². The Kier molecular flexibility index (Phi) is 4.02. The highest BCUT2D eigenvalue weighted by Gasteiger charge is 2.30. The van der Waals surface area contributed by atoms with Crippen molar-refractivity contribution in [2.75, 3.05) is 18.5 Å². The van der Waals surface area contributed by atoms with Crippen molar-refractivity contribution in [3.05, 3.63) is 42.2 Å². The fraction of sp³-hybridized carbons (Fsp3) is 0.467. The third-order valence-electron chi connectivity index (χ3n) is 3.51. The number of halogens is 1. The number of benzene rings is 1. The quantitative estimate of drug-likeness (QED) is 0.777. The van der Waals surface area contributed by atoms with Gasteiger partial charge in [-0.2, -0.15) is 0 Å². The summed E-state index contributed by atoms with van der Waals surface area (Å²) in [5, 5.41) is 3.19. The molecule has 0 aromatic heterocycles. The van der Waals surface area contributed by atoms with Crippen LogP contribution in [0.4, 0.5) is 10.1 Å². The van der Waals surface area contributed by atoms with Crippen LogP contribution in [0.25, 0.3) is 0 Å². The second kappa shape index (κ2) is 5.53. The summed E-state index contributed by atoms with van der Waals surface area (Å²) >= 11 is 0. The molecule has 2 rings (SSSR count). The number of hydrogen-bond donors (Lipinski definition) is 1. The summed E-state index contributed by atoms with van der Waals surface area (Å²) in [7, 11) is 1.90. The van der Waals surface area contributed by atoms with Gasteiger partial charge in [0.05, 0.1) is 0 Å². The molecule has 1 aromatic rings. The van der Waals surface area contributed by atoms with Gasteiger partial charge in [0.2, 0.25) is 0 Å². The molecule has 0 heterocycles. The fourth-order valence-electron chi connectivity index (χ4n) is 2.26. The third-order valence-corrected chi connectivity index (χ3v) is 3.51. The summed E-state index contributed by atoms with van der Waals surface area (Å²) in [4.78, 5) is 2.33. The minimum atomic E-state index is -0.176. The third kappa shape index (κ3) is 2.72. The monoisotopic (exact) mass is 248 g/mol. The Hall–Kier alpha value is -1.35. The lowest BCUT2D eigenvalue weighted by Gasteiger charge is -2.28. The van der Waals surface area contributed by atoms with Gasteiger partial charge in [-0.25, -0.2) is 4.39 Å². The zero-order valence-electron chi connectivity index (χ0n) is 11.1. The normalized spacial score (nSPS) is 16.4. The lowest BCUT2D eigenvalue weighted by Crippen LogP contribution is -2.28. The molecule has 0 amide bonds.